The van der Waals surface area contributed by atoms with Crippen molar-refractivity contribution in [2.24, 2.45) is 0 Å². The molecule has 0 saturated heterocycles. The van der Waals surface area contributed by atoms with Crippen LogP contribution < -0.4 is 10.6 Å². The summed E-state index contributed by atoms with van der Waals surface area (Å²) in [4.78, 5) is 11.3. The van der Waals surface area contributed by atoms with Gasteiger partial charge in [0.05, 0.1) is 0 Å². The van der Waals surface area contributed by atoms with E-state index >= 15 is 0 Å². The van der Waals surface area contributed by atoms with E-state index in [9.17, 15) is 4.79 Å². The van der Waals surface area contributed by atoms with Crippen LogP contribution in [0.4, 0.5) is 10.5 Å². The number of urea groups is 1. The molecule has 82 valence electrons. The third kappa shape index (κ3) is 4.70. The summed E-state index contributed by atoms with van der Waals surface area (Å²) in [6.45, 7) is 2.78. The van der Waals surface area contributed by atoms with Gasteiger partial charge in [-0.05, 0) is 24.6 Å². The van der Waals surface area contributed by atoms with Crippen LogP contribution >= 0.6 is 11.6 Å². The summed E-state index contributed by atoms with van der Waals surface area (Å²) in [6, 6.07) is 6.88. The summed E-state index contributed by atoms with van der Waals surface area (Å²) in [5.74, 6) is 0. The molecule has 0 aliphatic rings. The summed E-state index contributed by atoms with van der Waals surface area (Å²) in [5.41, 5.74) is 0.705. The predicted molar refractivity (Wildman–Crippen MR) is 63.4 cm³/mol. The van der Waals surface area contributed by atoms with Crippen LogP contribution in [0.1, 0.15) is 19.8 Å². The van der Waals surface area contributed by atoms with E-state index < -0.39 is 0 Å². The fourth-order valence-corrected chi connectivity index (χ4v) is 1.31. The molecule has 0 fully saturated rings. The Morgan fingerprint density at radius 2 is 2.27 bits per heavy atom. The number of hydrogen-bond donors (Lipinski definition) is 2. The molecular weight excluding hydrogens is 212 g/mol. The molecule has 0 heterocycles. The zero-order valence-corrected chi connectivity index (χ0v) is 9.47. The first-order valence-corrected chi connectivity index (χ1v) is 5.40. The van der Waals surface area contributed by atoms with Crippen LogP contribution in [0, 0.1) is 0 Å². The molecule has 1 rings (SSSR count). The second-order valence-electron chi connectivity index (χ2n) is 3.24. The molecule has 0 bridgehead atoms. The number of unbranched alkanes of at least 4 members (excludes halogenated alkanes) is 1. The van der Waals surface area contributed by atoms with E-state index in [-0.39, 0.29) is 6.03 Å². The highest BCUT2D eigenvalue weighted by Gasteiger charge is 2.00. The van der Waals surface area contributed by atoms with Crippen LogP contribution in [0.15, 0.2) is 24.3 Å². The van der Waals surface area contributed by atoms with E-state index in [1.807, 2.05) is 0 Å². The highest BCUT2D eigenvalue weighted by atomic mass is 35.5. The maximum atomic E-state index is 11.3. The lowest BCUT2D eigenvalue weighted by Crippen LogP contribution is -2.29. The van der Waals surface area contributed by atoms with Crippen LogP contribution in [-0.4, -0.2) is 12.6 Å². The zero-order valence-electron chi connectivity index (χ0n) is 8.72. The number of amides is 2. The van der Waals surface area contributed by atoms with Gasteiger partial charge in [-0.15, -0.1) is 0 Å². The lowest BCUT2D eigenvalue weighted by atomic mass is 10.3. The Hall–Kier alpha value is -1.22. The van der Waals surface area contributed by atoms with E-state index in [4.69, 9.17) is 11.6 Å². The molecule has 0 radical (unpaired) electrons. The molecule has 0 saturated carbocycles. The highest BCUT2D eigenvalue weighted by Crippen LogP contribution is 2.14. The molecule has 1 aromatic rings. The Bertz CT molecular complexity index is 328. The topological polar surface area (TPSA) is 41.1 Å². The molecule has 0 aromatic heterocycles. The Morgan fingerprint density at radius 1 is 1.47 bits per heavy atom. The number of rotatable bonds is 4. The van der Waals surface area contributed by atoms with Crippen LogP contribution in [0.25, 0.3) is 0 Å². The van der Waals surface area contributed by atoms with Crippen molar-refractivity contribution < 1.29 is 4.79 Å². The molecule has 0 aliphatic carbocycles. The van der Waals surface area contributed by atoms with E-state index in [0.29, 0.717) is 17.3 Å². The molecule has 0 atom stereocenters. The Labute approximate surface area is 94.8 Å². The monoisotopic (exact) mass is 226 g/mol. The molecule has 2 N–H and O–H groups in total. The quantitative estimate of drug-likeness (QED) is 0.761. The van der Waals surface area contributed by atoms with Gasteiger partial charge >= 0.3 is 6.03 Å². The van der Waals surface area contributed by atoms with Crippen LogP contribution in [-0.2, 0) is 0 Å². The van der Waals surface area contributed by atoms with Gasteiger partial charge in [-0.25, -0.2) is 4.79 Å². The summed E-state index contributed by atoms with van der Waals surface area (Å²) in [7, 11) is 0. The standard InChI is InChI=1S/C11H15ClN2O/c1-2-3-7-13-11(15)14-10-6-4-5-9(12)8-10/h4-6,8H,2-3,7H2,1H3,(H2,13,14,15). The lowest BCUT2D eigenvalue weighted by molar-refractivity contribution is 0.252. The molecular formula is C11H15ClN2O. The normalized spacial score (nSPS) is 9.73. The van der Waals surface area contributed by atoms with Gasteiger partial charge in [0.1, 0.15) is 0 Å². The van der Waals surface area contributed by atoms with Crippen molar-refractivity contribution in [2.45, 2.75) is 19.8 Å². The smallest absolute Gasteiger partial charge is 0.319 e. The maximum absolute atomic E-state index is 11.3. The number of carbonyl (C=O) groups excluding carboxylic acids is 1. The minimum atomic E-state index is -0.189. The highest BCUT2D eigenvalue weighted by molar-refractivity contribution is 6.30. The molecule has 1 aromatic carbocycles. The molecule has 2 amide bonds. The van der Waals surface area contributed by atoms with Crippen molar-refractivity contribution in [1.29, 1.82) is 0 Å². The van der Waals surface area contributed by atoms with Gasteiger partial charge in [0.25, 0.3) is 0 Å². The fraction of sp³-hybridized carbons (Fsp3) is 0.364. The van der Waals surface area contributed by atoms with Gasteiger partial charge in [0.2, 0.25) is 0 Å². The number of anilines is 1. The number of benzene rings is 1. The van der Waals surface area contributed by atoms with Crippen molar-refractivity contribution in [3.63, 3.8) is 0 Å². The maximum Gasteiger partial charge on any atom is 0.319 e. The van der Waals surface area contributed by atoms with Crippen molar-refractivity contribution in [1.82, 2.24) is 5.32 Å². The average Bonchev–Trinajstić information content (AvgIpc) is 2.18. The molecule has 15 heavy (non-hydrogen) atoms. The Morgan fingerprint density at radius 3 is 2.93 bits per heavy atom. The number of hydrogen-bond acceptors (Lipinski definition) is 1. The SMILES string of the molecule is CCCCNC(=O)Nc1cccc(Cl)c1. The second-order valence-corrected chi connectivity index (χ2v) is 3.68. The molecule has 3 nitrogen and oxygen atoms in total. The zero-order chi connectivity index (χ0) is 11.1. The van der Waals surface area contributed by atoms with Crippen LogP contribution in [0.5, 0.6) is 0 Å². The first-order valence-electron chi connectivity index (χ1n) is 5.03. The molecule has 0 spiro atoms. The van der Waals surface area contributed by atoms with E-state index in [1.54, 1.807) is 24.3 Å². The first-order chi connectivity index (χ1) is 7.22. The Kier molecular flexibility index (Phi) is 4.98. The predicted octanol–water partition coefficient (Wildman–Crippen LogP) is 3.26. The molecule has 0 aliphatic heterocycles. The van der Waals surface area contributed by atoms with Crippen LogP contribution in [0.2, 0.25) is 5.02 Å². The minimum Gasteiger partial charge on any atom is -0.338 e. The minimum absolute atomic E-state index is 0.189. The first kappa shape index (κ1) is 11.9. The van der Waals surface area contributed by atoms with Crippen LogP contribution in [0.3, 0.4) is 0 Å². The largest absolute Gasteiger partial charge is 0.338 e. The lowest BCUT2D eigenvalue weighted by Gasteiger charge is -2.06. The van der Waals surface area contributed by atoms with Gasteiger partial charge in [0, 0.05) is 17.3 Å². The number of nitrogens with one attached hydrogen (secondary N) is 2. The number of carbonyl (C=O) groups is 1. The summed E-state index contributed by atoms with van der Waals surface area (Å²) in [6.07, 6.45) is 2.06. The molecule has 4 heteroatoms. The van der Waals surface area contributed by atoms with Crippen molar-refractivity contribution >= 4 is 23.3 Å². The summed E-state index contributed by atoms with van der Waals surface area (Å²) >= 11 is 5.78. The number of halogens is 1. The average molecular weight is 227 g/mol. The van der Waals surface area contributed by atoms with E-state index in [2.05, 4.69) is 17.6 Å². The van der Waals surface area contributed by atoms with Gasteiger partial charge in [-0.1, -0.05) is 31.0 Å². The van der Waals surface area contributed by atoms with E-state index in [1.165, 1.54) is 0 Å². The van der Waals surface area contributed by atoms with Crippen molar-refractivity contribution in [2.75, 3.05) is 11.9 Å². The van der Waals surface area contributed by atoms with E-state index in [0.717, 1.165) is 12.8 Å². The second kappa shape index (κ2) is 6.30. The Balaban J connectivity index is 2.37. The van der Waals surface area contributed by atoms with Crippen molar-refractivity contribution in [3.05, 3.63) is 29.3 Å². The molecule has 0 unspecified atom stereocenters. The van der Waals surface area contributed by atoms with Gasteiger partial charge in [0.15, 0.2) is 0 Å². The van der Waals surface area contributed by atoms with Crippen molar-refractivity contribution in [3.8, 4) is 0 Å². The fourth-order valence-electron chi connectivity index (χ4n) is 1.12. The van der Waals surface area contributed by atoms with Gasteiger partial charge in [-0.2, -0.15) is 0 Å². The summed E-state index contributed by atoms with van der Waals surface area (Å²) in [5, 5.41) is 6.08. The third-order valence-electron chi connectivity index (χ3n) is 1.90. The third-order valence-corrected chi connectivity index (χ3v) is 2.13. The summed E-state index contributed by atoms with van der Waals surface area (Å²) < 4.78 is 0. The van der Waals surface area contributed by atoms with Gasteiger partial charge < -0.3 is 10.6 Å². The van der Waals surface area contributed by atoms with Gasteiger partial charge in [-0.3, -0.25) is 0 Å².